The Morgan fingerprint density at radius 1 is 0.528 bits per heavy atom. The summed E-state index contributed by atoms with van der Waals surface area (Å²) in [7, 11) is 0. The summed E-state index contributed by atoms with van der Waals surface area (Å²) in [4.78, 5) is 26.5. The van der Waals surface area contributed by atoms with E-state index in [-0.39, 0.29) is 13.0 Å². The molecule has 0 spiro atoms. The molecule has 8 atom stereocenters. The molecule has 11 heteroatoms. The Balaban J connectivity index is 2.67. The Hall–Kier alpha value is -1.60. The molecule has 426 valence electrons. The number of carbonyl (C=O) groups is 2. The maximum absolute atomic E-state index is 13.4. The third-order valence-electron chi connectivity index (χ3n) is 14.9. The molecule has 0 aromatic heterocycles. The fourth-order valence-corrected chi connectivity index (χ4v) is 10.0. The van der Waals surface area contributed by atoms with Gasteiger partial charge in [0.15, 0.2) is 12.4 Å². The second-order valence-corrected chi connectivity index (χ2v) is 21.8. The Bertz CT molecular complexity index is 1220. The van der Waals surface area contributed by atoms with Crippen molar-refractivity contribution in [2.24, 2.45) is 0 Å². The van der Waals surface area contributed by atoms with Crippen LogP contribution in [-0.2, 0) is 23.8 Å². The number of nitrogens with one attached hydrogen (secondary N) is 1. The first kappa shape index (κ1) is 68.4. The number of aliphatic hydroxyl groups is 5. The largest absolute Gasteiger partial charge is 0.454 e. The number of rotatable bonds is 53. The molecular weight excluding hydrogens is 907 g/mol. The van der Waals surface area contributed by atoms with Gasteiger partial charge in [-0.05, 0) is 25.7 Å². The van der Waals surface area contributed by atoms with Crippen LogP contribution in [0.2, 0.25) is 0 Å². The molecule has 0 aromatic carbocycles. The molecule has 11 nitrogen and oxygen atoms in total. The molecule has 0 aromatic rings. The molecule has 0 radical (unpaired) electrons. The van der Waals surface area contributed by atoms with Gasteiger partial charge in [0, 0.05) is 6.42 Å². The highest BCUT2D eigenvalue weighted by Gasteiger charge is 2.47. The van der Waals surface area contributed by atoms with Crippen LogP contribution in [0.25, 0.3) is 0 Å². The molecule has 1 saturated heterocycles. The highest BCUT2D eigenvalue weighted by molar-refractivity contribution is 5.80. The van der Waals surface area contributed by atoms with Crippen molar-refractivity contribution in [1.82, 2.24) is 5.32 Å². The first-order chi connectivity index (χ1) is 35.2. The third kappa shape index (κ3) is 38.0. The molecule has 0 bridgehead atoms. The average Bonchev–Trinajstić information content (AvgIpc) is 3.38. The first-order valence-corrected chi connectivity index (χ1v) is 31.0. The molecule has 1 rings (SSSR count). The summed E-state index contributed by atoms with van der Waals surface area (Å²) in [5.41, 5.74) is 0. The van der Waals surface area contributed by atoms with E-state index in [0.29, 0.717) is 19.3 Å². The standard InChI is InChI=1S/C61H117NO10/c1-4-7-10-13-16-19-22-25-27-28-29-31-34-37-40-43-46-49-56(66)72-59-58(68)57(67)55(50-63)71-61(59)70-51-52(53(64)47-44-41-38-35-32-24-21-18-15-12-9-6-3)62-60(69)54(65)48-45-42-39-36-33-30-26-23-20-17-14-11-8-5-2/h44,47,52-55,57-59,61,63-65,67-68H,4-43,45-46,48-51H2,1-3H3,(H,62,69)/b47-44+. The number of aliphatic hydroxyl groups excluding tert-OH is 5. The average molecular weight is 1020 g/mol. The van der Waals surface area contributed by atoms with Crippen molar-refractivity contribution in [2.75, 3.05) is 13.2 Å². The minimum absolute atomic E-state index is 0.131. The number of unbranched alkanes of at least 4 members (excludes halogenated alkanes) is 39. The summed E-state index contributed by atoms with van der Waals surface area (Å²) >= 11 is 0. The van der Waals surface area contributed by atoms with Crippen molar-refractivity contribution in [3.05, 3.63) is 12.2 Å². The Morgan fingerprint density at radius 3 is 1.31 bits per heavy atom. The fourth-order valence-electron chi connectivity index (χ4n) is 10.0. The molecule has 1 aliphatic heterocycles. The Morgan fingerprint density at radius 2 is 0.903 bits per heavy atom. The Kier molecular flexibility index (Phi) is 47.7. The molecule has 1 aliphatic rings. The summed E-state index contributed by atoms with van der Waals surface area (Å²) in [6.45, 7) is 5.82. The van der Waals surface area contributed by atoms with Crippen molar-refractivity contribution in [3.63, 3.8) is 0 Å². The predicted octanol–water partition coefficient (Wildman–Crippen LogP) is 14.3. The monoisotopic (exact) mass is 1020 g/mol. The zero-order valence-electron chi connectivity index (χ0n) is 47.1. The van der Waals surface area contributed by atoms with Crippen molar-refractivity contribution < 1.29 is 49.3 Å². The summed E-state index contributed by atoms with van der Waals surface area (Å²) in [6, 6.07) is -1.01. The van der Waals surface area contributed by atoms with Crippen LogP contribution in [0, 0.1) is 0 Å². The van der Waals surface area contributed by atoms with Gasteiger partial charge < -0.3 is 45.1 Å². The van der Waals surface area contributed by atoms with E-state index in [1.165, 1.54) is 199 Å². The second-order valence-electron chi connectivity index (χ2n) is 21.8. The van der Waals surface area contributed by atoms with Crippen LogP contribution in [0.5, 0.6) is 0 Å². The zero-order chi connectivity index (χ0) is 52.5. The van der Waals surface area contributed by atoms with E-state index in [1.54, 1.807) is 6.08 Å². The number of esters is 1. The van der Waals surface area contributed by atoms with Crippen LogP contribution in [0.1, 0.15) is 303 Å². The third-order valence-corrected chi connectivity index (χ3v) is 14.9. The van der Waals surface area contributed by atoms with Gasteiger partial charge in [-0.3, -0.25) is 9.59 Å². The Labute approximate surface area is 442 Å². The van der Waals surface area contributed by atoms with Crippen molar-refractivity contribution in [3.8, 4) is 0 Å². The van der Waals surface area contributed by atoms with Crippen LogP contribution in [0.15, 0.2) is 12.2 Å². The van der Waals surface area contributed by atoms with Crippen molar-refractivity contribution in [1.29, 1.82) is 0 Å². The number of carbonyl (C=O) groups excluding carboxylic acids is 2. The van der Waals surface area contributed by atoms with Gasteiger partial charge in [0.1, 0.15) is 24.4 Å². The lowest BCUT2D eigenvalue weighted by atomic mass is 9.99. The minimum Gasteiger partial charge on any atom is -0.454 e. The van der Waals surface area contributed by atoms with Gasteiger partial charge in [-0.1, -0.05) is 283 Å². The van der Waals surface area contributed by atoms with E-state index < -0.39 is 67.4 Å². The van der Waals surface area contributed by atoms with Gasteiger partial charge in [0.2, 0.25) is 5.91 Å². The van der Waals surface area contributed by atoms with E-state index in [1.807, 2.05) is 6.08 Å². The van der Waals surface area contributed by atoms with E-state index in [0.717, 1.165) is 57.8 Å². The summed E-state index contributed by atoms with van der Waals surface area (Å²) in [6.07, 6.45) is 45.3. The SMILES string of the molecule is CCCCCCCCCCCC/C=C/C(O)C(COC1OC(CO)C(O)C(O)C1OC(=O)CCCCCCCCCCCCCCCCCCC)NC(=O)C(O)CCCCCCCCCCCCCCCC. The van der Waals surface area contributed by atoms with Crippen LogP contribution in [0.4, 0.5) is 0 Å². The van der Waals surface area contributed by atoms with Crippen LogP contribution < -0.4 is 5.32 Å². The predicted molar refractivity (Wildman–Crippen MR) is 297 cm³/mol. The summed E-state index contributed by atoms with van der Waals surface area (Å²) < 4.78 is 17.6. The van der Waals surface area contributed by atoms with E-state index in [2.05, 4.69) is 26.1 Å². The molecular formula is C61H117NO10. The van der Waals surface area contributed by atoms with Crippen molar-refractivity contribution in [2.45, 2.75) is 352 Å². The minimum atomic E-state index is -1.61. The van der Waals surface area contributed by atoms with Gasteiger partial charge in [0.05, 0.1) is 25.4 Å². The summed E-state index contributed by atoms with van der Waals surface area (Å²) in [5.74, 6) is -1.18. The zero-order valence-corrected chi connectivity index (χ0v) is 47.1. The van der Waals surface area contributed by atoms with E-state index in [9.17, 15) is 35.1 Å². The van der Waals surface area contributed by atoms with Gasteiger partial charge in [-0.25, -0.2) is 0 Å². The molecule has 1 amide bonds. The lowest BCUT2D eigenvalue weighted by Crippen LogP contribution is -2.61. The van der Waals surface area contributed by atoms with Crippen LogP contribution in [-0.4, -0.2) is 99.6 Å². The smallest absolute Gasteiger partial charge is 0.306 e. The van der Waals surface area contributed by atoms with Crippen LogP contribution >= 0.6 is 0 Å². The number of amides is 1. The lowest BCUT2D eigenvalue weighted by Gasteiger charge is -2.41. The van der Waals surface area contributed by atoms with Gasteiger partial charge in [-0.2, -0.15) is 0 Å². The second kappa shape index (κ2) is 50.2. The number of hydrogen-bond donors (Lipinski definition) is 6. The maximum atomic E-state index is 13.4. The topological polar surface area (TPSA) is 175 Å². The van der Waals surface area contributed by atoms with Gasteiger partial charge >= 0.3 is 5.97 Å². The fraction of sp³-hybridized carbons (Fsp3) is 0.934. The highest BCUT2D eigenvalue weighted by atomic mass is 16.7. The molecule has 1 fully saturated rings. The number of hydrogen-bond acceptors (Lipinski definition) is 10. The molecule has 72 heavy (non-hydrogen) atoms. The number of allylic oxidation sites excluding steroid dienone is 1. The van der Waals surface area contributed by atoms with Crippen LogP contribution in [0.3, 0.4) is 0 Å². The molecule has 6 N–H and O–H groups in total. The van der Waals surface area contributed by atoms with E-state index >= 15 is 0 Å². The normalized spacial score (nSPS) is 19.5. The number of ether oxygens (including phenoxy) is 3. The van der Waals surface area contributed by atoms with Gasteiger partial charge in [-0.15, -0.1) is 0 Å². The molecule has 0 saturated carbocycles. The quantitative estimate of drug-likeness (QED) is 0.0195. The van der Waals surface area contributed by atoms with Crippen molar-refractivity contribution >= 4 is 11.9 Å². The van der Waals surface area contributed by atoms with Gasteiger partial charge in [0.25, 0.3) is 0 Å². The highest BCUT2D eigenvalue weighted by Crippen LogP contribution is 2.26. The molecule has 0 aliphatic carbocycles. The van der Waals surface area contributed by atoms with E-state index in [4.69, 9.17) is 14.2 Å². The molecule has 1 heterocycles. The molecule has 8 unspecified atom stereocenters. The maximum Gasteiger partial charge on any atom is 0.306 e. The first-order valence-electron chi connectivity index (χ1n) is 31.0. The lowest BCUT2D eigenvalue weighted by molar-refractivity contribution is -0.305. The summed E-state index contributed by atoms with van der Waals surface area (Å²) in [5, 5.41) is 56.9.